The highest BCUT2D eigenvalue weighted by atomic mass is 16.1. The zero-order chi connectivity index (χ0) is 11.8. The van der Waals surface area contributed by atoms with Gasteiger partial charge in [0.1, 0.15) is 5.78 Å². The van der Waals surface area contributed by atoms with Gasteiger partial charge in [-0.15, -0.1) is 0 Å². The van der Waals surface area contributed by atoms with Crippen LogP contribution in [-0.4, -0.2) is 43.4 Å². The highest BCUT2D eigenvalue weighted by Crippen LogP contribution is 2.10. The van der Waals surface area contributed by atoms with Crippen LogP contribution in [0.1, 0.15) is 45.4 Å². The van der Waals surface area contributed by atoms with E-state index in [1.165, 1.54) is 45.3 Å². The lowest BCUT2D eigenvalue weighted by Gasteiger charge is -2.26. The number of rotatable bonds is 7. The number of ketones is 1. The van der Waals surface area contributed by atoms with E-state index in [1.54, 1.807) is 6.92 Å². The molecule has 0 aliphatic carbocycles. The van der Waals surface area contributed by atoms with Crippen LogP contribution in [0.2, 0.25) is 0 Å². The lowest BCUT2D eigenvalue weighted by molar-refractivity contribution is -0.119. The number of Topliss-reactive ketones (excluding diaryl/α,β-unsaturated/α-hetero) is 1. The second-order valence-corrected chi connectivity index (χ2v) is 4.85. The quantitative estimate of drug-likeness (QED) is 0.672. The summed E-state index contributed by atoms with van der Waals surface area (Å²) in [5, 5.41) is 3.08. The molecular formula is C13H26N2O. The summed E-state index contributed by atoms with van der Waals surface area (Å²) < 4.78 is 0. The third kappa shape index (κ3) is 5.08. The summed E-state index contributed by atoms with van der Waals surface area (Å²) in [5.74, 6) is 0.264. The molecule has 0 radical (unpaired) electrons. The number of carbonyl (C=O) groups is 1. The topological polar surface area (TPSA) is 32.3 Å². The molecule has 1 atom stereocenters. The Labute approximate surface area is 99.6 Å². The molecule has 0 aromatic heterocycles. The van der Waals surface area contributed by atoms with Crippen LogP contribution in [0.25, 0.3) is 0 Å². The Kier molecular flexibility index (Phi) is 6.65. The van der Waals surface area contributed by atoms with Crippen molar-refractivity contribution in [1.29, 1.82) is 0 Å². The number of hydrogen-bond donors (Lipinski definition) is 1. The first-order valence-electron chi connectivity index (χ1n) is 6.64. The highest BCUT2D eigenvalue weighted by Gasteiger charge is 2.12. The van der Waals surface area contributed by atoms with E-state index in [0.29, 0.717) is 0 Å². The van der Waals surface area contributed by atoms with Gasteiger partial charge in [-0.1, -0.05) is 12.8 Å². The van der Waals surface area contributed by atoms with E-state index in [-0.39, 0.29) is 11.8 Å². The molecule has 94 valence electrons. The molecule has 0 aromatic rings. The van der Waals surface area contributed by atoms with Gasteiger partial charge < -0.3 is 10.2 Å². The molecule has 0 spiro atoms. The Balaban J connectivity index is 2.03. The van der Waals surface area contributed by atoms with Gasteiger partial charge in [0.15, 0.2) is 0 Å². The summed E-state index contributed by atoms with van der Waals surface area (Å²) in [7, 11) is 1.87. The van der Waals surface area contributed by atoms with Gasteiger partial charge in [0.05, 0.1) is 6.04 Å². The minimum absolute atomic E-state index is 0.0707. The first-order valence-corrected chi connectivity index (χ1v) is 6.64. The Morgan fingerprint density at radius 2 is 1.94 bits per heavy atom. The van der Waals surface area contributed by atoms with Crippen LogP contribution in [0.5, 0.6) is 0 Å². The minimum atomic E-state index is 0.0707. The number of nitrogens with zero attached hydrogens (tertiary/aromatic N) is 1. The second kappa shape index (κ2) is 7.80. The minimum Gasteiger partial charge on any atom is -0.311 e. The fourth-order valence-electron chi connectivity index (χ4n) is 2.42. The number of piperidine rings is 1. The van der Waals surface area contributed by atoms with Crippen molar-refractivity contribution in [3.8, 4) is 0 Å². The number of unbranched alkanes of at least 4 members (excludes halogenated alkanes) is 1. The number of hydrogen-bond acceptors (Lipinski definition) is 3. The Morgan fingerprint density at radius 1 is 1.25 bits per heavy atom. The maximum Gasteiger partial charge on any atom is 0.146 e. The van der Waals surface area contributed by atoms with Crippen molar-refractivity contribution in [2.24, 2.45) is 0 Å². The van der Waals surface area contributed by atoms with Crippen LogP contribution in [0.4, 0.5) is 0 Å². The van der Waals surface area contributed by atoms with E-state index < -0.39 is 0 Å². The average molecular weight is 226 g/mol. The van der Waals surface area contributed by atoms with E-state index >= 15 is 0 Å². The van der Waals surface area contributed by atoms with Crippen LogP contribution in [0.15, 0.2) is 0 Å². The summed E-state index contributed by atoms with van der Waals surface area (Å²) in [5.41, 5.74) is 0. The molecule has 0 aromatic carbocycles. The fraction of sp³-hybridized carbons (Fsp3) is 0.923. The molecule has 1 aliphatic rings. The molecule has 1 aliphatic heterocycles. The molecule has 1 fully saturated rings. The highest BCUT2D eigenvalue weighted by molar-refractivity contribution is 5.81. The van der Waals surface area contributed by atoms with E-state index in [2.05, 4.69) is 10.2 Å². The van der Waals surface area contributed by atoms with Crippen LogP contribution >= 0.6 is 0 Å². The maximum atomic E-state index is 11.2. The van der Waals surface area contributed by atoms with Crippen LogP contribution in [0, 0.1) is 0 Å². The summed E-state index contributed by atoms with van der Waals surface area (Å²) in [6, 6.07) is 0.0707. The Hall–Kier alpha value is -0.410. The van der Waals surface area contributed by atoms with Gasteiger partial charge in [-0.25, -0.2) is 0 Å². The SMILES string of the molecule is CN[C@@H](CCCCN1CCCCC1)C(C)=O. The summed E-state index contributed by atoms with van der Waals surface area (Å²) in [4.78, 5) is 13.8. The smallest absolute Gasteiger partial charge is 0.146 e. The number of likely N-dealkylation sites (N-methyl/N-ethyl adjacent to an activating group) is 1. The molecule has 1 N–H and O–H groups in total. The van der Waals surface area contributed by atoms with Gasteiger partial charge in [-0.2, -0.15) is 0 Å². The molecule has 16 heavy (non-hydrogen) atoms. The van der Waals surface area contributed by atoms with E-state index in [0.717, 1.165) is 12.8 Å². The van der Waals surface area contributed by atoms with Gasteiger partial charge >= 0.3 is 0 Å². The van der Waals surface area contributed by atoms with Crippen LogP contribution in [-0.2, 0) is 4.79 Å². The van der Waals surface area contributed by atoms with Crippen LogP contribution < -0.4 is 5.32 Å². The van der Waals surface area contributed by atoms with Gasteiger partial charge in [-0.3, -0.25) is 4.79 Å². The first-order chi connectivity index (χ1) is 7.74. The first kappa shape index (κ1) is 13.7. The maximum absolute atomic E-state index is 11.2. The van der Waals surface area contributed by atoms with Crippen molar-refractivity contribution in [3.63, 3.8) is 0 Å². The number of likely N-dealkylation sites (tertiary alicyclic amines) is 1. The van der Waals surface area contributed by atoms with E-state index in [9.17, 15) is 4.79 Å². The molecular weight excluding hydrogens is 200 g/mol. The molecule has 3 nitrogen and oxygen atoms in total. The molecule has 3 heteroatoms. The van der Waals surface area contributed by atoms with Gasteiger partial charge in [0.2, 0.25) is 0 Å². The predicted octanol–water partition coefficient (Wildman–Crippen LogP) is 1.82. The molecule has 0 saturated carbocycles. The largest absolute Gasteiger partial charge is 0.311 e. The zero-order valence-electron chi connectivity index (χ0n) is 10.8. The van der Waals surface area contributed by atoms with Gasteiger partial charge in [0.25, 0.3) is 0 Å². The van der Waals surface area contributed by atoms with Crippen molar-refractivity contribution in [2.45, 2.75) is 51.5 Å². The van der Waals surface area contributed by atoms with Crippen LogP contribution in [0.3, 0.4) is 0 Å². The van der Waals surface area contributed by atoms with Crippen molar-refractivity contribution in [1.82, 2.24) is 10.2 Å². The molecule has 1 heterocycles. The molecule has 0 amide bonds. The second-order valence-electron chi connectivity index (χ2n) is 4.85. The summed E-state index contributed by atoms with van der Waals surface area (Å²) in [6.45, 7) is 5.45. The molecule has 0 bridgehead atoms. The lowest BCUT2D eigenvalue weighted by Crippen LogP contribution is -2.33. The standard InChI is InChI=1S/C13H26N2O/c1-12(16)13(14-2)8-4-7-11-15-9-5-3-6-10-15/h13-14H,3-11H2,1-2H3/t13-/m0/s1. The lowest BCUT2D eigenvalue weighted by atomic mass is 10.1. The van der Waals surface area contributed by atoms with Gasteiger partial charge in [-0.05, 0) is 59.3 Å². The fourth-order valence-corrected chi connectivity index (χ4v) is 2.42. The molecule has 0 unspecified atom stereocenters. The van der Waals surface area contributed by atoms with Gasteiger partial charge in [0, 0.05) is 0 Å². The van der Waals surface area contributed by atoms with Crippen molar-refractivity contribution in [3.05, 3.63) is 0 Å². The molecule has 1 rings (SSSR count). The Morgan fingerprint density at radius 3 is 2.50 bits per heavy atom. The van der Waals surface area contributed by atoms with Crippen molar-refractivity contribution < 1.29 is 4.79 Å². The normalized spacial score (nSPS) is 19.6. The summed E-state index contributed by atoms with van der Waals surface area (Å²) >= 11 is 0. The monoisotopic (exact) mass is 226 g/mol. The average Bonchev–Trinajstić information content (AvgIpc) is 2.30. The molecule has 1 saturated heterocycles. The number of carbonyl (C=O) groups excluding carboxylic acids is 1. The third-order valence-electron chi connectivity index (χ3n) is 3.51. The third-order valence-corrected chi connectivity index (χ3v) is 3.51. The van der Waals surface area contributed by atoms with E-state index in [1.807, 2.05) is 7.05 Å². The van der Waals surface area contributed by atoms with Crippen molar-refractivity contribution >= 4 is 5.78 Å². The Bertz CT molecular complexity index is 200. The van der Waals surface area contributed by atoms with Crippen molar-refractivity contribution in [2.75, 3.05) is 26.7 Å². The predicted molar refractivity (Wildman–Crippen MR) is 67.7 cm³/mol. The van der Waals surface area contributed by atoms with E-state index in [4.69, 9.17) is 0 Å². The zero-order valence-corrected chi connectivity index (χ0v) is 10.8. The number of nitrogens with one attached hydrogen (secondary N) is 1. The summed E-state index contributed by atoms with van der Waals surface area (Å²) in [6.07, 6.45) is 7.51.